The van der Waals surface area contributed by atoms with E-state index in [1.807, 2.05) is 73.7 Å². The molecule has 6 nitrogen and oxygen atoms in total. The van der Waals surface area contributed by atoms with Gasteiger partial charge in [0.1, 0.15) is 0 Å². The number of aromatic nitrogens is 4. The standard InChI is InChI=1S/C23H18N4O2S/c1-14(20-25-26-21(29-20)15-8-4-3-5-9-15)30-23-24-19-13-17-11-7-6-10-16(17)12-18(19)22(28)27(23)2/h3-14H,1-2H3/t14-/m1/s1. The number of rotatable bonds is 4. The minimum absolute atomic E-state index is 0.0732. The third-order valence-corrected chi connectivity index (χ3v) is 6.12. The summed E-state index contributed by atoms with van der Waals surface area (Å²) in [5.74, 6) is 0.969. The van der Waals surface area contributed by atoms with Gasteiger partial charge in [-0.3, -0.25) is 9.36 Å². The number of hydrogen-bond donors (Lipinski definition) is 0. The van der Waals surface area contributed by atoms with Crippen LogP contribution in [0.1, 0.15) is 18.1 Å². The van der Waals surface area contributed by atoms with Crippen molar-refractivity contribution in [1.82, 2.24) is 19.7 Å². The van der Waals surface area contributed by atoms with Gasteiger partial charge >= 0.3 is 0 Å². The van der Waals surface area contributed by atoms with Gasteiger partial charge in [0.25, 0.3) is 5.56 Å². The van der Waals surface area contributed by atoms with Gasteiger partial charge < -0.3 is 4.42 Å². The summed E-state index contributed by atoms with van der Waals surface area (Å²) in [4.78, 5) is 17.7. The molecule has 0 aliphatic heterocycles. The van der Waals surface area contributed by atoms with Crippen LogP contribution < -0.4 is 5.56 Å². The summed E-state index contributed by atoms with van der Waals surface area (Å²) in [5, 5.41) is 11.5. The predicted molar refractivity (Wildman–Crippen MR) is 118 cm³/mol. The highest BCUT2D eigenvalue weighted by Crippen LogP contribution is 2.34. The Kier molecular flexibility index (Phi) is 4.59. The molecular formula is C23H18N4O2S. The summed E-state index contributed by atoms with van der Waals surface area (Å²) in [6.45, 7) is 1.96. The normalized spacial score (nSPS) is 12.5. The molecule has 3 aromatic carbocycles. The lowest BCUT2D eigenvalue weighted by Gasteiger charge is -2.12. The van der Waals surface area contributed by atoms with Crippen molar-refractivity contribution in [2.24, 2.45) is 7.05 Å². The zero-order valence-corrected chi connectivity index (χ0v) is 17.3. The molecule has 0 fully saturated rings. The smallest absolute Gasteiger partial charge is 0.261 e. The fourth-order valence-corrected chi connectivity index (χ4v) is 4.25. The van der Waals surface area contributed by atoms with Crippen molar-refractivity contribution in [2.45, 2.75) is 17.3 Å². The van der Waals surface area contributed by atoms with E-state index in [1.54, 1.807) is 11.6 Å². The molecule has 148 valence electrons. The van der Waals surface area contributed by atoms with Crippen LogP contribution in [0.25, 0.3) is 33.1 Å². The van der Waals surface area contributed by atoms with E-state index in [1.165, 1.54) is 11.8 Å². The maximum absolute atomic E-state index is 13.0. The maximum Gasteiger partial charge on any atom is 0.261 e. The topological polar surface area (TPSA) is 73.8 Å². The first kappa shape index (κ1) is 18.6. The first-order chi connectivity index (χ1) is 14.6. The molecule has 30 heavy (non-hydrogen) atoms. The molecule has 0 aliphatic carbocycles. The van der Waals surface area contributed by atoms with Crippen LogP contribution in [0.5, 0.6) is 0 Å². The van der Waals surface area contributed by atoms with Crippen molar-refractivity contribution in [3.8, 4) is 11.5 Å². The molecule has 1 atom stereocenters. The summed E-state index contributed by atoms with van der Waals surface area (Å²) in [6.07, 6.45) is 0. The SMILES string of the molecule is C[C@@H](Sc1nc2cc3ccccc3cc2c(=O)n1C)c1nnc(-c2ccccc2)o1. The molecule has 0 saturated heterocycles. The molecule has 7 heteroatoms. The van der Waals surface area contributed by atoms with Crippen molar-refractivity contribution >= 4 is 33.4 Å². The van der Waals surface area contributed by atoms with Gasteiger partial charge in [0.15, 0.2) is 5.16 Å². The third-order valence-electron chi connectivity index (χ3n) is 4.99. The van der Waals surface area contributed by atoms with Crippen molar-refractivity contribution in [2.75, 3.05) is 0 Å². The second-order valence-corrected chi connectivity index (χ2v) is 8.35. The number of benzene rings is 3. The van der Waals surface area contributed by atoms with Gasteiger partial charge in [0, 0.05) is 12.6 Å². The van der Waals surface area contributed by atoms with Gasteiger partial charge in [-0.1, -0.05) is 54.2 Å². The molecular weight excluding hydrogens is 396 g/mol. The number of thioether (sulfide) groups is 1. The number of fused-ring (bicyclic) bond motifs is 2. The van der Waals surface area contributed by atoms with Crippen LogP contribution >= 0.6 is 11.8 Å². The molecule has 5 aromatic rings. The highest BCUT2D eigenvalue weighted by Gasteiger charge is 2.19. The van der Waals surface area contributed by atoms with Crippen molar-refractivity contribution in [1.29, 1.82) is 0 Å². The summed E-state index contributed by atoms with van der Waals surface area (Å²) in [7, 11) is 1.74. The second-order valence-electron chi connectivity index (χ2n) is 7.05. The zero-order valence-electron chi connectivity index (χ0n) is 16.4. The largest absolute Gasteiger partial charge is 0.419 e. The Morgan fingerprint density at radius 1 is 0.967 bits per heavy atom. The van der Waals surface area contributed by atoms with Crippen molar-refractivity contribution in [3.05, 3.63) is 83.0 Å². The molecule has 0 saturated carbocycles. The Hall–Kier alpha value is -3.45. The van der Waals surface area contributed by atoms with Gasteiger partial charge in [-0.15, -0.1) is 10.2 Å². The fraction of sp³-hybridized carbons (Fsp3) is 0.130. The molecule has 0 bridgehead atoms. The second kappa shape index (κ2) is 7.42. The van der Waals surface area contributed by atoms with Crippen LogP contribution in [-0.4, -0.2) is 19.7 Å². The van der Waals surface area contributed by atoms with Crippen LogP contribution in [0.15, 0.2) is 81.1 Å². The predicted octanol–water partition coefficient (Wildman–Crippen LogP) is 4.99. The Bertz CT molecular complexity index is 1430. The van der Waals surface area contributed by atoms with Crippen molar-refractivity contribution in [3.63, 3.8) is 0 Å². The summed E-state index contributed by atoms with van der Waals surface area (Å²) in [5.41, 5.74) is 1.48. The van der Waals surface area contributed by atoms with E-state index < -0.39 is 0 Å². The maximum atomic E-state index is 13.0. The Balaban J connectivity index is 1.50. The minimum Gasteiger partial charge on any atom is -0.419 e. The molecule has 0 spiro atoms. The summed E-state index contributed by atoms with van der Waals surface area (Å²) in [6, 6.07) is 21.5. The van der Waals surface area contributed by atoms with Gasteiger partial charge in [0.05, 0.1) is 16.2 Å². The molecule has 5 rings (SSSR count). The lowest BCUT2D eigenvalue weighted by atomic mass is 10.1. The Morgan fingerprint density at radius 2 is 1.67 bits per heavy atom. The van der Waals surface area contributed by atoms with Gasteiger partial charge in [0.2, 0.25) is 11.8 Å². The average Bonchev–Trinajstić information content (AvgIpc) is 3.27. The molecule has 0 aliphatic rings. The van der Waals surface area contributed by atoms with Crippen LogP contribution in [0.3, 0.4) is 0 Å². The third kappa shape index (κ3) is 3.27. The van der Waals surface area contributed by atoms with Gasteiger partial charge in [-0.05, 0) is 42.0 Å². The minimum atomic E-state index is -0.161. The van der Waals surface area contributed by atoms with E-state index in [-0.39, 0.29) is 10.8 Å². The average molecular weight is 414 g/mol. The monoisotopic (exact) mass is 414 g/mol. The highest BCUT2D eigenvalue weighted by atomic mass is 32.2. The molecule has 0 amide bonds. The molecule has 2 heterocycles. The van der Waals surface area contributed by atoms with Crippen LogP contribution in [-0.2, 0) is 7.05 Å². The first-order valence-electron chi connectivity index (χ1n) is 9.55. The summed E-state index contributed by atoms with van der Waals surface area (Å²) >= 11 is 1.42. The van der Waals surface area contributed by atoms with Crippen LogP contribution in [0.4, 0.5) is 0 Å². The van der Waals surface area contributed by atoms with Crippen LogP contribution in [0, 0.1) is 0 Å². The van der Waals surface area contributed by atoms with E-state index in [4.69, 9.17) is 9.40 Å². The van der Waals surface area contributed by atoms with Gasteiger partial charge in [-0.25, -0.2) is 4.98 Å². The van der Waals surface area contributed by atoms with Crippen molar-refractivity contribution < 1.29 is 4.42 Å². The zero-order chi connectivity index (χ0) is 20.7. The lowest BCUT2D eigenvalue weighted by molar-refractivity contribution is 0.508. The van der Waals surface area contributed by atoms with Crippen LogP contribution in [0.2, 0.25) is 0 Å². The number of hydrogen-bond acceptors (Lipinski definition) is 6. The lowest BCUT2D eigenvalue weighted by Crippen LogP contribution is -2.20. The van der Waals surface area contributed by atoms with E-state index in [2.05, 4.69) is 10.2 Å². The molecule has 2 aromatic heterocycles. The van der Waals surface area contributed by atoms with Gasteiger partial charge in [-0.2, -0.15) is 0 Å². The first-order valence-corrected chi connectivity index (χ1v) is 10.4. The quantitative estimate of drug-likeness (QED) is 0.234. The molecule has 0 radical (unpaired) electrons. The fourth-order valence-electron chi connectivity index (χ4n) is 3.35. The Labute approximate surface area is 176 Å². The van der Waals surface area contributed by atoms with E-state index in [0.29, 0.717) is 27.8 Å². The Morgan fingerprint density at radius 3 is 2.43 bits per heavy atom. The van der Waals surface area contributed by atoms with E-state index in [0.717, 1.165) is 16.3 Å². The highest BCUT2D eigenvalue weighted by molar-refractivity contribution is 7.99. The molecule has 0 N–H and O–H groups in total. The van der Waals surface area contributed by atoms with E-state index in [9.17, 15) is 4.79 Å². The van der Waals surface area contributed by atoms with E-state index >= 15 is 0 Å². The summed E-state index contributed by atoms with van der Waals surface area (Å²) < 4.78 is 7.44. The number of nitrogens with zero attached hydrogens (tertiary/aromatic N) is 4. The molecule has 0 unspecified atom stereocenters.